The van der Waals surface area contributed by atoms with Crippen molar-refractivity contribution in [3.05, 3.63) is 68.5 Å². The molecule has 3 aromatic rings. The van der Waals surface area contributed by atoms with Crippen molar-refractivity contribution < 1.29 is 31.9 Å². The van der Waals surface area contributed by atoms with E-state index in [1.165, 1.54) is 17.0 Å². The molecule has 0 saturated carbocycles. The number of aromatic amines is 1. The summed E-state index contributed by atoms with van der Waals surface area (Å²) in [5.74, 6) is -0.409. The van der Waals surface area contributed by atoms with Crippen LogP contribution in [-0.2, 0) is 17.0 Å². The van der Waals surface area contributed by atoms with Gasteiger partial charge < -0.3 is 24.6 Å². The average molecular weight is 502 g/mol. The van der Waals surface area contributed by atoms with E-state index in [1.807, 2.05) is 4.90 Å². The Morgan fingerprint density at radius 3 is 2.12 bits per heavy atom. The van der Waals surface area contributed by atoms with E-state index in [0.29, 0.717) is 29.4 Å². The molecule has 0 bridgehead atoms. The molecular weight excluding hydrogens is 483 g/mol. The first-order valence-corrected chi connectivity index (χ1v) is 11.8. The summed E-state index contributed by atoms with van der Waals surface area (Å²) in [6.45, 7) is 0.944. The minimum Gasteiger partial charge on any atom is -0.368 e. The molecule has 14 heteroatoms. The summed E-state index contributed by atoms with van der Waals surface area (Å²) in [4.78, 5) is 48.2. The monoisotopic (exact) mass is 502 g/mol. The van der Waals surface area contributed by atoms with Crippen LogP contribution >= 0.6 is 7.60 Å². The number of alkyl halides is 3. The van der Waals surface area contributed by atoms with Gasteiger partial charge >= 0.3 is 24.9 Å². The number of fused-ring (bicyclic) bond motifs is 1. The van der Waals surface area contributed by atoms with Crippen LogP contribution in [-0.4, -0.2) is 45.5 Å². The first kappa shape index (κ1) is 24.0. The second kappa shape index (κ2) is 8.57. The Kier molecular flexibility index (Phi) is 6.05. The quantitative estimate of drug-likeness (QED) is 0.285. The van der Waals surface area contributed by atoms with Crippen LogP contribution < -0.4 is 20.9 Å². The van der Waals surface area contributed by atoms with Crippen molar-refractivity contribution in [2.75, 3.05) is 36.0 Å². The molecule has 4 rings (SSSR count). The van der Waals surface area contributed by atoms with Crippen molar-refractivity contribution >= 4 is 30.0 Å². The Bertz CT molecular complexity index is 1390. The Balaban J connectivity index is 1.78. The molecule has 0 aliphatic carbocycles. The number of rotatable bonds is 4. The summed E-state index contributed by atoms with van der Waals surface area (Å²) >= 11 is 0. The minimum atomic E-state index is -4.84. The number of aromatic nitrogens is 2. The molecule has 1 aromatic heterocycles. The molecule has 2 aromatic carbocycles. The van der Waals surface area contributed by atoms with E-state index in [1.54, 1.807) is 12.1 Å². The second-order valence-electron chi connectivity index (χ2n) is 7.83. The smallest absolute Gasteiger partial charge is 0.368 e. The standard InChI is InChI=1S/C20H19F4N4O5P/c21-12-1-3-13(4-2-12)26-5-7-27(8-6-26)16-10-17-15(9-14(16)20(22,23)24)25-18(29)19(30)28(17)11-34(31,32)33/h1-4,9-10H,5-8,11H2,(H,25,29)(H2,31,32,33). The molecule has 1 aliphatic heterocycles. The van der Waals surface area contributed by atoms with Gasteiger partial charge in [0.15, 0.2) is 0 Å². The summed E-state index contributed by atoms with van der Waals surface area (Å²) in [7, 11) is -4.84. The highest BCUT2D eigenvalue weighted by Gasteiger charge is 2.37. The van der Waals surface area contributed by atoms with E-state index in [4.69, 9.17) is 0 Å². The van der Waals surface area contributed by atoms with E-state index in [0.717, 1.165) is 6.07 Å². The van der Waals surface area contributed by atoms with Gasteiger partial charge in [0, 0.05) is 31.9 Å². The Morgan fingerprint density at radius 1 is 0.971 bits per heavy atom. The van der Waals surface area contributed by atoms with Gasteiger partial charge in [-0.15, -0.1) is 0 Å². The number of anilines is 2. The van der Waals surface area contributed by atoms with E-state index < -0.39 is 42.6 Å². The van der Waals surface area contributed by atoms with Gasteiger partial charge in [0.25, 0.3) is 0 Å². The number of halogens is 4. The molecular formula is C20H19F4N4O5P. The third-order valence-electron chi connectivity index (χ3n) is 5.54. The molecule has 34 heavy (non-hydrogen) atoms. The lowest BCUT2D eigenvalue weighted by molar-refractivity contribution is -0.137. The lowest BCUT2D eigenvalue weighted by atomic mass is 10.1. The van der Waals surface area contributed by atoms with Crippen molar-refractivity contribution in [3.8, 4) is 0 Å². The van der Waals surface area contributed by atoms with Crippen LogP contribution in [0.3, 0.4) is 0 Å². The highest BCUT2D eigenvalue weighted by molar-refractivity contribution is 7.50. The van der Waals surface area contributed by atoms with E-state index in [9.17, 15) is 41.5 Å². The maximum atomic E-state index is 13.9. The van der Waals surface area contributed by atoms with Crippen molar-refractivity contribution in [1.29, 1.82) is 0 Å². The van der Waals surface area contributed by atoms with Gasteiger partial charge in [-0.3, -0.25) is 18.7 Å². The number of nitrogens with one attached hydrogen (secondary N) is 1. The first-order chi connectivity index (χ1) is 15.8. The zero-order valence-corrected chi connectivity index (χ0v) is 18.3. The number of benzene rings is 2. The lowest BCUT2D eigenvalue weighted by Crippen LogP contribution is -2.47. The van der Waals surface area contributed by atoms with Gasteiger partial charge in [-0.25, -0.2) is 4.39 Å². The van der Waals surface area contributed by atoms with Crippen molar-refractivity contribution in [1.82, 2.24) is 9.55 Å². The van der Waals surface area contributed by atoms with Gasteiger partial charge in [-0.05, 0) is 36.4 Å². The summed E-state index contributed by atoms with van der Waals surface area (Å²) in [6, 6.07) is 7.38. The third-order valence-corrected chi connectivity index (χ3v) is 6.19. The highest BCUT2D eigenvalue weighted by Crippen LogP contribution is 2.41. The predicted octanol–water partition coefficient (Wildman–Crippen LogP) is 2.31. The molecule has 0 radical (unpaired) electrons. The molecule has 9 nitrogen and oxygen atoms in total. The van der Waals surface area contributed by atoms with Crippen LogP contribution in [0.1, 0.15) is 5.56 Å². The van der Waals surface area contributed by atoms with Crippen LogP contribution in [0.4, 0.5) is 28.9 Å². The molecule has 1 fully saturated rings. The molecule has 3 N–H and O–H groups in total. The summed E-state index contributed by atoms with van der Waals surface area (Å²) in [6.07, 6.45) is -5.96. The zero-order valence-electron chi connectivity index (χ0n) is 17.4. The zero-order chi connectivity index (χ0) is 24.8. The van der Waals surface area contributed by atoms with E-state index >= 15 is 0 Å². The molecule has 0 amide bonds. The highest BCUT2D eigenvalue weighted by atomic mass is 31.2. The molecule has 0 spiro atoms. The van der Waals surface area contributed by atoms with Crippen LogP contribution in [0, 0.1) is 5.82 Å². The minimum absolute atomic E-state index is 0.151. The normalized spacial score (nSPS) is 15.2. The summed E-state index contributed by atoms with van der Waals surface area (Å²) in [5.41, 5.74) is -3.84. The first-order valence-electron chi connectivity index (χ1n) is 10.0. The maximum absolute atomic E-state index is 13.9. The predicted molar refractivity (Wildman–Crippen MR) is 117 cm³/mol. The Labute approximate surface area is 189 Å². The van der Waals surface area contributed by atoms with Crippen molar-refractivity contribution in [2.24, 2.45) is 0 Å². The Morgan fingerprint density at radius 2 is 1.56 bits per heavy atom. The average Bonchev–Trinajstić information content (AvgIpc) is 2.75. The molecule has 0 unspecified atom stereocenters. The fraction of sp³-hybridized carbons (Fsp3) is 0.300. The summed E-state index contributed by atoms with van der Waals surface area (Å²) < 4.78 is 66.9. The van der Waals surface area contributed by atoms with Crippen LogP contribution in [0.5, 0.6) is 0 Å². The van der Waals surface area contributed by atoms with Gasteiger partial charge in [0.2, 0.25) is 0 Å². The largest absolute Gasteiger partial charge is 0.418 e. The number of hydrogen-bond acceptors (Lipinski definition) is 5. The summed E-state index contributed by atoms with van der Waals surface area (Å²) in [5, 5.41) is 0. The maximum Gasteiger partial charge on any atom is 0.418 e. The fourth-order valence-electron chi connectivity index (χ4n) is 3.98. The molecule has 2 heterocycles. The number of hydrogen-bond donors (Lipinski definition) is 3. The number of nitrogens with zero attached hydrogens (tertiary/aromatic N) is 3. The van der Waals surface area contributed by atoms with Gasteiger partial charge in [0.05, 0.1) is 22.3 Å². The van der Waals surface area contributed by atoms with Gasteiger partial charge in [-0.1, -0.05) is 0 Å². The van der Waals surface area contributed by atoms with Crippen LogP contribution in [0.15, 0.2) is 46.0 Å². The molecule has 182 valence electrons. The molecule has 1 saturated heterocycles. The second-order valence-corrected chi connectivity index (χ2v) is 9.44. The van der Waals surface area contributed by atoms with Crippen molar-refractivity contribution in [2.45, 2.75) is 12.5 Å². The SMILES string of the molecule is O=c1[nH]c2cc(C(F)(F)F)c(N3CCN(c4ccc(F)cc4)CC3)cc2n(CP(=O)(O)O)c1=O. The van der Waals surface area contributed by atoms with E-state index in [2.05, 4.69) is 4.98 Å². The topological polar surface area (TPSA) is 119 Å². The number of piperazine rings is 1. The van der Waals surface area contributed by atoms with Crippen LogP contribution in [0.2, 0.25) is 0 Å². The van der Waals surface area contributed by atoms with E-state index in [-0.39, 0.29) is 29.8 Å². The van der Waals surface area contributed by atoms with Gasteiger partial charge in [0.1, 0.15) is 12.1 Å². The third kappa shape index (κ3) is 4.86. The molecule has 1 aliphatic rings. The molecule has 0 atom stereocenters. The number of H-pyrrole nitrogens is 1. The van der Waals surface area contributed by atoms with Crippen molar-refractivity contribution in [3.63, 3.8) is 0 Å². The fourth-order valence-corrected chi connectivity index (χ4v) is 4.63. The van der Waals surface area contributed by atoms with Crippen LogP contribution in [0.25, 0.3) is 11.0 Å². The van der Waals surface area contributed by atoms with Gasteiger partial charge in [-0.2, -0.15) is 13.2 Å². The Hall–Kier alpha value is -3.15. The lowest BCUT2D eigenvalue weighted by Gasteiger charge is -2.38.